The quantitative estimate of drug-likeness (QED) is 0.506. The van der Waals surface area contributed by atoms with Crippen molar-refractivity contribution in [3.8, 4) is 5.75 Å². The van der Waals surface area contributed by atoms with Gasteiger partial charge < -0.3 is 4.74 Å². The first-order valence-corrected chi connectivity index (χ1v) is 11.6. The fourth-order valence-corrected chi connectivity index (χ4v) is 8.36. The maximum absolute atomic E-state index is 13.4. The zero-order chi connectivity index (χ0) is 18.0. The largest absolute Gasteiger partial charge is 0.426 e. The molecule has 2 bridgehead atoms. The van der Waals surface area contributed by atoms with Gasteiger partial charge in [0.2, 0.25) is 0 Å². The van der Waals surface area contributed by atoms with E-state index in [0.29, 0.717) is 5.92 Å². The van der Waals surface area contributed by atoms with Gasteiger partial charge in [0.05, 0.1) is 5.92 Å². The molecule has 5 fully saturated rings. The van der Waals surface area contributed by atoms with Crippen molar-refractivity contribution in [1.29, 1.82) is 0 Å². The predicted molar refractivity (Wildman–Crippen MR) is 105 cm³/mol. The highest BCUT2D eigenvalue weighted by Crippen LogP contribution is 2.65. The molecule has 2 nitrogen and oxygen atoms in total. The summed E-state index contributed by atoms with van der Waals surface area (Å²) in [6.45, 7) is 0. The van der Waals surface area contributed by atoms with Crippen LogP contribution in [0.1, 0.15) is 68.9 Å². The minimum absolute atomic E-state index is 0.111. The molecule has 7 rings (SSSR count). The van der Waals surface area contributed by atoms with Crippen molar-refractivity contribution in [2.45, 2.75) is 70.6 Å². The average Bonchev–Trinajstić information content (AvgIpc) is 3.38. The van der Waals surface area contributed by atoms with Gasteiger partial charge in [-0.2, -0.15) is 0 Å². The van der Waals surface area contributed by atoms with Gasteiger partial charge in [0, 0.05) is 0 Å². The van der Waals surface area contributed by atoms with E-state index in [2.05, 4.69) is 12.1 Å². The molecule has 5 saturated carbocycles. The van der Waals surface area contributed by atoms with Crippen LogP contribution in [0.4, 0.5) is 0 Å². The Labute approximate surface area is 163 Å². The molecule has 0 amide bonds. The molecule has 6 aliphatic carbocycles. The van der Waals surface area contributed by atoms with E-state index >= 15 is 0 Å². The number of fused-ring (bicyclic) bond motifs is 2. The van der Waals surface area contributed by atoms with Gasteiger partial charge in [-0.3, -0.25) is 4.79 Å². The lowest BCUT2D eigenvalue weighted by atomic mass is 9.48. The molecule has 6 aliphatic rings. The van der Waals surface area contributed by atoms with Crippen LogP contribution in [-0.4, -0.2) is 5.97 Å². The number of carbonyl (C=O) groups excluding carboxylic acids is 1. The Bertz CT molecular complexity index is 731. The maximum Gasteiger partial charge on any atom is 0.314 e. The van der Waals surface area contributed by atoms with E-state index in [-0.39, 0.29) is 11.9 Å². The van der Waals surface area contributed by atoms with Gasteiger partial charge in [0.15, 0.2) is 0 Å². The Hall–Kier alpha value is -1.31. The third-order valence-corrected chi connectivity index (χ3v) is 9.20. The van der Waals surface area contributed by atoms with Crippen molar-refractivity contribution in [2.75, 3.05) is 0 Å². The first kappa shape index (κ1) is 16.6. The molecule has 144 valence electrons. The second-order valence-corrected chi connectivity index (χ2v) is 10.1. The van der Waals surface area contributed by atoms with E-state index in [0.717, 1.165) is 54.6 Å². The van der Waals surface area contributed by atoms with Crippen LogP contribution in [-0.2, 0) is 17.6 Å². The highest BCUT2D eigenvalue weighted by Gasteiger charge is 2.61. The van der Waals surface area contributed by atoms with E-state index in [1.165, 1.54) is 62.5 Å². The van der Waals surface area contributed by atoms with E-state index in [1.807, 2.05) is 6.07 Å². The molecule has 2 heteroatoms. The van der Waals surface area contributed by atoms with Gasteiger partial charge in [-0.1, -0.05) is 25.0 Å². The molecule has 0 aromatic heterocycles. The number of benzene rings is 1. The Morgan fingerprint density at radius 1 is 0.815 bits per heavy atom. The van der Waals surface area contributed by atoms with E-state index in [1.54, 1.807) is 0 Å². The summed E-state index contributed by atoms with van der Waals surface area (Å²) in [4.78, 5) is 13.4. The third kappa shape index (κ3) is 2.47. The summed E-state index contributed by atoms with van der Waals surface area (Å²) in [5, 5.41) is 0. The van der Waals surface area contributed by atoms with Crippen LogP contribution in [0.25, 0.3) is 0 Å². The van der Waals surface area contributed by atoms with Gasteiger partial charge in [-0.05, 0) is 110 Å². The number of rotatable bonds is 2. The fraction of sp³-hybridized carbons (Fsp3) is 0.720. The first-order chi connectivity index (χ1) is 13.3. The molecule has 1 aromatic rings. The predicted octanol–water partition coefficient (Wildman–Crippen LogP) is 5.57. The lowest BCUT2D eigenvalue weighted by molar-refractivity contribution is -0.157. The van der Waals surface area contributed by atoms with Gasteiger partial charge in [-0.15, -0.1) is 0 Å². The Morgan fingerprint density at radius 2 is 1.52 bits per heavy atom. The smallest absolute Gasteiger partial charge is 0.314 e. The van der Waals surface area contributed by atoms with Crippen LogP contribution in [0.2, 0.25) is 0 Å². The first-order valence-electron chi connectivity index (χ1n) is 11.6. The van der Waals surface area contributed by atoms with Crippen molar-refractivity contribution in [1.82, 2.24) is 0 Å². The van der Waals surface area contributed by atoms with Gasteiger partial charge in [0.1, 0.15) is 5.75 Å². The molecule has 1 aromatic carbocycles. The van der Waals surface area contributed by atoms with Crippen molar-refractivity contribution in [2.24, 2.45) is 41.4 Å². The van der Waals surface area contributed by atoms with E-state index in [9.17, 15) is 4.79 Å². The van der Waals surface area contributed by atoms with Crippen LogP contribution < -0.4 is 4.74 Å². The summed E-state index contributed by atoms with van der Waals surface area (Å²) in [5.74, 6) is 6.12. The average molecular weight is 365 g/mol. The normalized spacial score (nSPS) is 41.7. The topological polar surface area (TPSA) is 26.3 Å². The minimum Gasteiger partial charge on any atom is -0.426 e. The number of ether oxygens (including phenoxy) is 1. The third-order valence-electron chi connectivity index (χ3n) is 9.20. The van der Waals surface area contributed by atoms with E-state index in [4.69, 9.17) is 4.74 Å². The van der Waals surface area contributed by atoms with Crippen LogP contribution >= 0.6 is 0 Å². The lowest BCUT2D eigenvalue weighted by Gasteiger charge is -2.56. The summed E-state index contributed by atoms with van der Waals surface area (Å²) in [6, 6.07) is 6.35. The summed E-state index contributed by atoms with van der Waals surface area (Å²) < 4.78 is 6.16. The molecule has 0 heterocycles. The van der Waals surface area contributed by atoms with Gasteiger partial charge in [-0.25, -0.2) is 0 Å². The number of hydrogen-bond donors (Lipinski definition) is 0. The molecule has 0 saturated heterocycles. The number of hydrogen-bond acceptors (Lipinski definition) is 2. The number of carbonyl (C=O) groups is 1. The Morgan fingerprint density at radius 3 is 2.30 bits per heavy atom. The molecular formula is C25H32O2. The number of esters is 1. The summed E-state index contributed by atoms with van der Waals surface area (Å²) in [7, 11) is 0. The van der Waals surface area contributed by atoms with Crippen LogP contribution in [0, 0.1) is 41.4 Å². The molecule has 27 heavy (non-hydrogen) atoms. The molecular weight excluding hydrogens is 332 g/mol. The zero-order valence-corrected chi connectivity index (χ0v) is 16.4. The molecule has 0 N–H and O–H groups in total. The second kappa shape index (κ2) is 6.36. The Kier molecular flexibility index (Phi) is 3.91. The molecule has 0 aliphatic heterocycles. The van der Waals surface area contributed by atoms with E-state index < -0.39 is 0 Å². The number of aryl methyl sites for hydroxylation is 1. The molecule has 0 spiro atoms. The van der Waals surface area contributed by atoms with Crippen LogP contribution in [0.5, 0.6) is 5.75 Å². The molecule has 0 radical (unpaired) electrons. The van der Waals surface area contributed by atoms with Crippen molar-refractivity contribution in [3.63, 3.8) is 0 Å². The zero-order valence-electron chi connectivity index (χ0n) is 16.4. The standard InChI is InChI=1S/C25H32O2/c26-25(27-23-13-3-7-15-6-1-2-8-16(15)23)22-14-21-17-9-4-11-19(17)24(22)20-12-5-10-18(20)21/h3,7,13,17-22,24H,1-2,4-6,8-12,14H2. The minimum atomic E-state index is 0.111. The Balaban J connectivity index is 1.28. The second-order valence-electron chi connectivity index (χ2n) is 10.1. The monoisotopic (exact) mass is 364 g/mol. The lowest BCUT2D eigenvalue weighted by Crippen LogP contribution is -2.54. The van der Waals surface area contributed by atoms with Gasteiger partial charge >= 0.3 is 5.97 Å². The fourth-order valence-electron chi connectivity index (χ4n) is 8.36. The summed E-state index contributed by atoms with van der Waals surface area (Å²) in [6.07, 6.45) is 14.2. The van der Waals surface area contributed by atoms with Gasteiger partial charge in [0.25, 0.3) is 0 Å². The van der Waals surface area contributed by atoms with Crippen molar-refractivity contribution < 1.29 is 9.53 Å². The van der Waals surface area contributed by atoms with Crippen LogP contribution in [0.15, 0.2) is 18.2 Å². The highest BCUT2D eigenvalue weighted by molar-refractivity contribution is 5.76. The van der Waals surface area contributed by atoms with Crippen molar-refractivity contribution >= 4 is 5.97 Å². The molecule has 5 unspecified atom stereocenters. The van der Waals surface area contributed by atoms with Crippen LogP contribution in [0.3, 0.4) is 0 Å². The maximum atomic E-state index is 13.4. The van der Waals surface area contributed by atoms with Crippen molar-refractivity contribution in [3.05, 3.63) is 29.3 Å². The highest BCUT2D eigenvalue weighted by atomic mass is 16.5. The SMILES string of the molecule is O=C(Oc1cccc2c1CCCC2)C1CC2C3CCCC3C1C1CCCC21. The summed E-state index contributed by atoms with van der Waals surface area (Å²) >= 11 is 0. The summed E-state index contributed by atoms with van der Waals surface area (Å²) in [5.41, 5.74) is 2.72. The molecule has 5 atom stereocenters.